The fourth-order valence-electron chi connectivity index (χ4n) is 3.74. The fraction of sp³-hybridized carbons (Fsp3) is 0.500. The number of rotatable bonds is 4. The molecule has 5 rings (SSSR count). The smallest absolute Gasteiger partial charge is 0.107 e. The van der Waals surface area contributed by atoms with Crippen molar-refractivity contribution in [3.05, 3.63) is 30.5 Å². The number of nitrogens with two attached hydrogens (primary N) is 1. The molecule has 0 aromatic carbocycles. The number of aryl methyl sites for hydroxylation is 1. The predicted molar refractivity (Wildman–Crippen MR) is 92.5 cm³/mol. The molecule has 2 N–H and O–H groups in total. The minimum Gasteiger partial charge on any atom is -0.334 e. The van der Waals surface area contributed by atoms with Gasteiger partial charge in [0, 0.05) is 24.7 Å². The van der Waals surface area contributed by atoms with Crippen LogP contribution in [0.2, 0.25) is 0 Å². The van der Waals surface area contributed by atoms with E-state index in [1.165, 1.54) is 24.1 Å². The molecule has 24 heavy (non-hydrogen) atoms. The maximum atomic E-state index is 5.77. The Labute approximate surface area is 140 Å². The molecule has 2 aliphatic carbocycles. The van der Waals surface area contributed by atoms with Crippen LogP contribution in [0.3, 0.4) is 0 Å². The van der Waals surface area contributed by atoms with Gasteiger partial charge in [-0.25, -0.2) is 4.98 Å². The van der Waals surface area contributed by atoms with Crippen LogP contribution in [0.4, 0.5) is 0 Å². The van der Waals surface area contributed by atoms with Gasteiger partial charge in [-0.1, -0.05) is 0 Å². The van der Waals surface area contributed by atoms with Gasteiger partial charge in [-0.15, -0.1) is 0 Å². The summed E-state index contributed by atoms with van der Waals surface area (Å²) in [6, 6.07) is 2.64. The van der Waals surface area contributed by atoms with Crippen molar-refractivity contribution in [2.75, 3.05) is 6.54 Å². The molecule has 0 radical (unpaired) electrons. The number of hydrogen-bond donors (Lipinski definition) is 1. The first-order valence-corrected chi connectivity index (χ1v) is 8.79. The van der Waals surface area contributed by atoms with Gasteiger partial charge in [-0.3, -0.25) is 9.67 Å². The molecular weight excluding hydrogens is 300 g/mol. The van der Waals surface area contributed by atoms with Crippen molar-refractivity contribution in [3.63, 3.8) is 0 Å². The Morgan fingerprint density at radius 1 is 1.25 bits per heavy atom. The first-order chi connectivity index (χ1) is 11.7. The van der Waals surface area contributed by atoms with Crippen LogP contribution in [0.25, 0.3) is 22.3 Å². The van der Waals surface area contributed by atoms with Gasteiger partial charge < -0.3 is 10.3 Å². The van der Waals surface area contributed by atoms with E-state index >= 15 is 0 Å². The topological polar surface area (TPSA) is 74.5 Å². The number of aromatic nitrogens is 5. The molecule has 3 heterocycles. The normalized spacial score (nSPS) is 23.6. The summed E-state index contributed by atoms with van der Waals surface area (Å²) in [7, 11) is 2.02. The Morgan fingerprint density at radius 2 is 2.08 bits per heavy atom. The molecular formula is C18H22N6. The van der Waals surface area contributed by atoms with Crippen LogP contribution in [0.1, 0.15) is 43.3 Å². The molecule has 6 heteroatoms. The van der Waals surface area contributed by atoms with Crippen LogP contribution in [-0.2, 0) is 7.05 Å². The molecule has 2 saturated carbocycles. The van der Waals surface area contributed by atoms with Crippen molar-refractivity contribution in [1.29, 1.82) is 0 Å². The van der Waals surface area contributed by atoms with E-state index in [2.05, 4.69) is 26.9 Å². The maximum Gasteiger partial charge on any atom is 0.107 e. The lowest BCUT2D eigenvalue weighted by atomic mass is 9.80. The molecule has 0 aliphatic heterocycles. The molecule has 0 atom stereocenters. The third-order valence-corrected chi connectivity index (χ3v) is 5.53. The van der Waals surface area contributed by atoms with Gasteiger partial charge in [0.2, 0.25) is 0 Å². The monoisotopic (exact) mass is 322 g/mol. The van der Waals surface area contributed by atoms with Gasteiger partial charge in [0.05, 0.1) is 35.5 Å². The molecule has 0 bridgehead atoms. The largest absolute Gasteiger partial charge is 0.334 e. The first-order valence-electron chi connectivity index (χ1n) is 8.79. The minimum absolute atomic E-state index is 0.505. The highest BCUT2D eigenvalue weighted by Crippen LogP contribution is 2.45. The van der Waals surface area contributed by atoms with E-state index in [1.54, 1.807) is 0 Å². The van der Waals surface area contributed by atoms with Crippen LogP contribution >= 0.6 is 0 Å². The zero-order valence-electron chi connectivity index (χ0n) is 13.9. The Morgan fingerprint density at radius 3 is 2.83 bits per heavy atom. The summed E-state index contributed by atoms with van der Waals surface area (Å²) in [5.74, 6) is 1.27. The molecule has 0 saturated heterocycles. The highest BCUT2D eigenvalue weighted by Gasteiger charge is 2.34. The third kappa shape index (κ3) is 2.17. The van der Waals surface area contributed by atoms with E-state index in [0.717, 1.165) is 36.1 Å². The molecule has 0 amide bonds. The van der Waals surface area contributed by atoms with E-state index in [9.17, 15) is 0 Å². The standard InChI is InChI=1S/C18H22N6/c1-23-10-21-16-8-20-15(6-17(16)23)14-9-24(13-4-11(5-13)7-19)22-18(14)12-2-3-12/h6,8-13H,2-5,7,19H2,1H3. The SMILES string of the molecule is Cn1cnc2cnc(-c3cn(C4CC(CN)C4)nc3C3CC3)cc21. The van der Waals surface area contributed by atoms with Gasteiger partial charge in [0.25, 0.3) is 0 Å². The second kappa shape index (κ2) is 5.14. The quantitative estimate of drug-likeness (QED) is 0.801. The summed E-state index contributed by atoms with van der Waals surface area (Å²) in [6.45, 7) is 0.790. The summed E-state index contributed by atoms with van der Waals surface area (Å²) in [6.07, 6.45) is 10.7. The third-order valence-electron chi connectivity index (χ3n) is 5.53. The van der Waals surface area contributed by atoms with Crippen molar-refractivity contribution in [3.8, 4) is 11.3 Å². The summed E-state index contributed by atoms with van der Waals surface area (Å²) < 4.78 is 4.21. The number of pyridine rings is 1. The Bertz CT molecular complexity index is 898. The second-order valence-corrected chi connectivity index (χ2v) is 7.32. The molecule has 6 nitrogen and oxygen atoms in total. The Balaban J connectivity index is 1.55. The van der Waals surface area contributed by atoms with Crippen LogP contribution in [0.15, 0.2) is 24.8 Å². The van der Waals surface area contributed by atoms with Crippen LogP contribution < -0.4 is 5.73 Å². The van der Waals surface area contributed by atoms with Crippen molar-refractivity contribution in [2.24, 2.45) is 18.7 Å². The molecule has 2 fully saturated rings. The molecule has 3 aromatic rings. The average molecular weight is 322 g/mol. The van der Waals surface area contributed by atoms with Crippen molar-refractivity contribution in [2.45, 2.75) is 37.6 Å². The zero-order chi connectivity index (χ0) is 16.3. The van der Waals surface area contributed by atoms with E-state index in [0.29, 0.717) is 17.9 Å². The number of fused-ring (bicyclic) bond motifs is 1. The van der Waals surface area contributed by atoms with E-state index in [1.807, 2.05) is 24.1 Å². The van der Waals surface area contributed by atoms with Gasteiger partial charge in [0.15, 0.2) is 0 Å². The summed E-state index contributed by atoms with van der Waals surface area (Å²) >= 11 is 0. The predicted octanol–water partition coefficient (Wildman–Crippen LogP) is 2.62. The van der Waals surface area contributed by atoms with Gasteiger partial charge in [-0.2, -0.15) is 5.10 Å². The van der Waals surface area contributed by atoms with Gasteiger partial charge in [0.1, 0.15) is 5.52 Å². The Hall–Kier alpha value is -2.21. The highest BCUT2D eigenvalue weighted by molar-refractivity contribution is 5.79. The van der Waals surface area contributed by atoms with E-state index in [4.69, 9.17) is 10.8 Å². The number of hydrogen-bond acceptors (Lipinski definition) is 4. The summed E-state index contributed by atoms with van der Waals surface area (Å²) in [4.78, 5) is 9.02. The summed E-state index contributed by atoms with van der Waals surface area (Å²) in [5.41, 5.74) is 11.2. The Kier molecular flexibility index (Phi) is 3.03. The average Bonchev–Trinajstić information content (AvgIpc) is 3.21. The second-order valence-electron chi connectivity index (χ2n) is 7.32. The van der Waals surface area contributed by atoms with Gasteiger partial charge >= 0.3 is 0 Å². The highest BCUT2D eigenvalue weighted by atomic mass is 15.3. The lowest BCUT2D eigenvalue weighted by Gasteiger charge is -2.34. The van der Waals surface area contributed by atoms with Crippen LogP contribution in [0.5, 0.6) is 0 Å². The van der Waals surface area contributed by atoms with Crippen molar-refractivity contribution in [1.82, 2.24) is 24.3 Å². The van der Waals surface area contributed by atoms with Crippen LogP contribution in [0, 0.1) is 5.92 Å². The summed E-state index contributed by atoms with van der Waals surface area (Å²) in [5, 5.41) is 4.94. The van der Waals surface area contributed by atoms with E-state index in [-0.39, 0.29) is 0 Å². The van der Waals surface area contributed by atoms with E-state index < -0.39 is 0 Å². The lowest BCUT2D eigenvalue weighted by molar-refractivity contribution is 0.189. The number of nitrogens with zero attached hydrogens (tertiary/aromatic N) is 5. The first kappa shape index (κ1) is 14.2. The lowest BCUT2D eigenvalue weighted by Crippen LogP contribution is -2.32. The maximum absolute atomic E-state index is 5.77. The fourth-order valence-corrected chi connectivity index (χ4v) is 3.74. The zero-order valence-corrected chi connectivity index (χ0v) is 13.9. The molecule has 124 valence electrons. The minimum atomic E-state index is 0.505. The molecule has 3 aromatic heterocycles. The van der Waals surface area contributed by atoms with Crippen molar-refractivity contribution < 1.29 is 0 Å². The van der Waals surface area contributed by atoms with Crippen molar-refractivity contribution >= 4 is 11.0 Å². The van der Waals surface area contributed by atoms with Gasteiger partial charge in [-0.05, 0) is 44.2 Å². The van der Waals surface area contributed by atoms with Crippen LogP contribution in [-0.4, -0.2) is 30.9 Å². The molecule has 0 unspecified atom stereocenters. The molecule has 0 spiro atoms. The number of imidazole rings is 1. The molecule has 2 aliphatic rings.